The van der Waals surface area contributed by atoms with Crippen LogP contribution in [0.4, 0.5) is 5.82 Å². The Morgan fingerprint density at radius 2 is 1.88 bits per heavy atom. The Kier molecular flexibility index (Phi) is 7.96. The number of halogens is 2. The molecular formula is C24H28Cl2N4O3. The Morgan fingerprint density at radius 3 is 2.61 bits per heavy atom. The molecule has 1 aromatic heterocycles. The Hall–Kier alpha value is -2.48. The summed E-state index contributed by atoms with van der Waals surface area (Å²) < 4.78 is 11.0. The van der Waals surface area contributed by atoms with Crippen molar-refractivity contribution in [2.45, 2.75) is 12.8 Å². The van der Waals surface area contributed by atoms with Crippen LogP contribution in [-0.4, -0.2) is 72.9 Å². The van der Waals surface area contributed by atoms with Crippen molar-refractivity contribution in [1.82, 2.24) is 14.8 Å². The highest BCUT2D eigenvalue weighted by Gasteiger charge is 2.26. The van der Waals surface area contributed by atoms with Crippen molar-refractivity contribution in [3.8, 4) is 11.5 Å². The monoisotopic (exact) mass is 490 g/mol. The minimum absolute atomic E-state index is 0.115. The van der Waals surface area contributed by atoms with Gasteiger partial charge in [0.15, 0.2) is 0 Å². The quantitative estimate of drug-likeness (QED) is 0.313. The first-order chi connectivity index (χ1) is 16.1. The number of hydrogen-bond donors (Lipinski definition) is 0. The Bertz CT molecular complexity index is 1010. The standard InChI is InChI=1S/C24H28Cl2N4O3/c1-32-19-7-8-21-20(15-19)24(31)30(18(16-25)17-33-21)10-3-2-9-28-11-13-29(14-12-28)23-6-4-5-22(26)27-23/h4-8,15,17H,2-3,9-14,16H2,1H3. The summed E-state index contributed by atoms with van der Waals surface area (Å²) in [5.74, 6) is 2.15. The summed E-state index contributed by atoms with van der Waals surface area (Å²) in [6.07, 6.45) is 3.43. The highest BCUT2D eigenvalue weighted by Crippen LogP contribution is 2.30. The molecule has 0 radical (unpaired) electrons. The van der Waals surface area contributed by atoms with E-state index in [-0.39, 0.29) is 11.8 Å². The number of amides is 1. The van der Waals surface area contributed by atoms with Gasteiger partial charge >= 0.3 is 0 Å². The van der Waals surface area contributed by atoms with Crippen LogP contribution in [0.15, 0.2) is 48.4 Å². The number of nitrogens with zero attached hydrogens (tertiary/aromatic N) is 4. The molecule has 0 bridgehead atoms. The molecule has 1 fully saturated rings. The highest BCUT2D eigenvalue weighted by atomic mass is 35.5. The fourth-order valence-electron chi connectivity index (χ4n) is 4.11. The summed E-state index contributed by atoms with van der Waals surface area (Å²) in [5, 5.41) is 0.523. The molecule has 1 saturated heterocycles. The number of allylic oxidation sites excluding steroid dienone is 1. The molecule has 176 valence electrons. The number of piperazine rings is 1. The smallest absolute Gasteiger partial charge is 0.262 e. The molecule has 33 heavy (non-hydrogen) atoms. The third-order valence-electron chi connectivity index (χ3n) is 5.97. The second-order valence-corrected chi connectivity index (χ2v) is 8.69. The second-order valence-electron chi connectivity index (χ2n) is 8.03. The molecule has 0 saturated carbocycles. The summed E-state index contributed by atoms with van der Waals surface area (Å²) in [4.78, 5) is 24.1. The van der Waals surface area contributed by atoms with E-state index in [1.165, 1.54) is 0 Å². The van der Waals surface area contributed by atoms with E-state index in [1.807, 2.05) is 12.1 Å². The number of pyridine rings is 1. The molecule has 0 aliphatic carbocycles. The van der Waals surface area contributed by atoms with Crippen molar-refractivity contribution in [2.24, 2.45) is 0 Å². The molecule has 7 nitrogen and oxygen atoms in total. The number of alkyl halides is 1. The highest BCUT2D eigenvalue weighted by molar-refractivity contribution is 6.29. The van der Waals surface area contributed by atoms with Crippen molar-refractivity contribution < 1.29 is 14.3 Å². The molecule has 0 N–H and O–H groups in total. The third-order valence-corrected chi connectivity index (χ3v) is 6.45. The summed E-state index contributed by atoms with van der Waals surface area (Å²) in [6.45, 7) is 5.37. The Labute approximate surface area is 204 Å². The molecule has 0 spiro atoms. The van der Waals surface area contributed by atoms with Gasteiger partial charge in [-0.25, -0.2) is 4.98 Å². The van der Waals surface area contributed by atoms with Gasteiger partial charge in [-0.3, -0.25) is 9.69 Å². The molecule has 1 aromatic carbocycles. The van der Waals surface area contributed by atoms with Crippen LogP contribution in [0.3, 0.4) is 0 Å². The average Bonchev–Trinajstić information content (AvgIpc) is 2.98. The lowest BCUT2D eigenvalue weighted by molar-refractivity contribution is 0.0804. The first kappa shape index (κ1) is 23.7. The number of ether oxygens (including phenoxy) is 2. The normalized spacial score (nSPS) is 16.7. The predicted molar refractivity (Wildman–Crippen MR) is 131 cm³/mol. The number of methoxy groups -OCH3 is 1. The first-order valence-corrected chi connectivity index (χ1v) is 12.0. The maximum Gasteiger partial charge on any atom is 0.262 e. The SMILES string of the molecule is COc1ccc2c(c1)C(=O)N(CCCCN1CCN(c3cccc(Cl)n3)CC1)C(CCl)=CO2. The number of carbonyl (C=O) groups excluding carboxylic acids is 1. The van der Waals surface area contributed by atoms with Crippen LogP contribution in [0.1, 0.15) is 23.2 Å². The van der Waals surface area contributed by atoms with Crippen LogP contribution in [-0.2, 0) is 0 Å². The summed E-state index contributed by atoms with van der Waals surface area (Å²) in [6, 6.07) is 11.0. The lowest BCUT2D eigenvalue weighted by Crippen LogP contribution is -2.47. The van der Waals surface area contributed by atoms with Gasteiger partial charge in [0.1, 0.15) is 28.7 Å². The average molecular weight is 491 g/mol. The largest absolute Gasteiger partial charge is 0.497 e. The van der Waals surface area contributed by atoms with Crippen molar-refractivity contribution in [3.63, 3.8) is 0 Å². The van der Waals surface area contributed by atoms with E-state index in [4.69, 9.17) is 32.7 Å². The van der Waals surface area contributed by atoms with Crippen molar-refractivity contribution in [1.29, 1.82) is 0 Å². The van der Waals surface area contributed by atoms with Gasteiger partial charge in [0.2, 0.25) is 0 Å². The topological polar surface area (TPSA) is 58.1 Å². The molecule has 9 heteroatoms. The van der Waals surface area contributed by atoms with E-state index in [1.54, 1.807) is 42.5 Å². The fourth-order valence-corrected chi connectivity index (χ4v) is 4.47. The van der Waals surface area contributed by atoms with Crippen LogP contribution in [0, 0.1) is 0 Å². The van der Waals surface area contributed by atoms with Gasteiger partial charge in [0, 0.05) is 32.7 Å². The molecule has 0 unspecified atom stereocenters. The van der Waals surface area contributed by atoms with Gasteiger partial charge in [0.25, 0.3) is 5.91 Å². The molecule has 2 aliphatic heterocycles. The maximum atomic E-state index is 13.2. The summed E-state index contributed by atoms with van der Waals surface area (Å²) >= 11 is 12.2. The molecule has 3 heterocycles. The van der Waals surface area contributed by atoms with Crippen molar-refractivity contribution in [3.05, 3.63) is 59.1 Å². The summed E-state index contributed by atoms with van der Waals surface area (Å²) in [7, 11) is 1.58. The fraction of sp³-hybridized carbons (Fsp3) is 0.417. The number of aromatic nitrogens is 1. The molecule has 2 aromatic rings. The van der Waals surface area contributed by atoms with Crippen molar-refractivity contribution >= 4 is 34.9 Å². The molecular weight excluding hydrogens is 463 g/mol. The van der Waals surface area contributed by atoms with Crippen LogP contribution in [0.25, 0.3) is 0 Å². The Morgan fingerprint density at radius 1 is 1.09 bits per heavy atom. The molecule has 2 aliphatic rings. The first-order valence-electron chi connectivity index (χ1n) is 11.1. The van der Waals surface area contributed by atoms with Crippen LogP contribution >= 0.6 is 23.2 Å². The number of hydrogen-bond acceptors (Lipinski definition) is 6. The minimum atomic E-state index is -0.115. The van der Waals surface area contributed by atoms with E-state index in [0.717, 1.165) is 51.4 Å². The number of carbonyl (C=O) groups is 1. The Balaban J connectivity index is 1.28. The molecule has 0 atom stereocenters. The van der Waals surface area contributed by atoms with E-state index in [9.17, 15) is 4.79 Å². The van der Waals surface area contributed by atoms with Gasteiger partial charge in [-0.2, -0.15) is 0 Å². The van der Waals surface area contributed by atoms with Crippen LogP contribution in [0.5, 0.6) is 11.5 Å². The predicted octanol–water partition coefficient (Wildman–Crippen LogP) is 4.26. The van der Waals surface area contributed by atoms with Gasteiger partial charge in [0.05, 0.1) is 24.3 Å². The van der Waals surface area contributed by atoms with Crippen LogP contribution in [0.2, 0.25) is 5.15 Å². The summed E-state index contributed by atoms with van der Waals surface area (Å²) in [5.41, 5.74) is 1.15. The lowest BCUT2D eigenvalue weighted by Gasteiger charge is -2.35. The number of benzene rings is 1. The van der Waals surface area contributed by atoms with E-state index < -0.39 is 0 Å². The zero-order valence-electron chi connectivity index (χ0n) is 18.7. The number of rotatable bonds is 8. The number of fused-ring (bicyclic) bond motifs is 1. The third kappa shape index (κ3) is 5.72. The molecule has 4 rings (SSSR count). The van der Waals surface area contributed by atoms with E-state index in [2.05, 4.69) is 14.8 Å². The van der Waals surface area contributed by atoms with Gasteiger partial charge in [-0.1, -0.05) is 17.7 Å². The second kappa shape index (κ2) is 11.1. The molecule has 1 amide bonds. The number of unbranched alkanes of at least 4 members (excludes halogenated alkanes) is 1. The van der Waals surface area contributed by atoms with E-state index in [0.29, 0.717) is 34.5 Å². The van der Waals surface area contributed by atoms with Crippen molar-refractivity contribution in [2.75, 3.05) is 57.2 Å². The maximum absolute atomic E-state index is 13.2. The van der Waals surface area contributed by atoms with Gasteiger partial charge in [-0.15, -0.1) is 11.6 Å². The minimum Gasteiger partial charge on any atom is -0.497 e. The van der Waals surface area contributed by atoms with Crippen LogP contribution < -0.4 is 14.4 Å². The zero-order chi connectivity index (χ0) is 23.2. The van der Waals surface area contributed by atoms with E-state index >= 15 is 0 Å². The zero-order valence-corrected chi connectivity index (χ0v) is 20.2. The van der Waals surface area contributed by atoms with Gasteiger partial charge < -0.3 is 19.3 Å². The van der Waals surface area contributed by atoms with Gasteiger partial charge in [-0.05, 0) is 49.7 Å². The lowest BCUT2D eigenvalue weighted by atomic mass is 10.1. The number of anilines is 1.